The van der Waals surface area contributed by atoms with Crippen molar-refractivity contribution in [2.75, 3.05) is 0 Å². The van der Waals surface area contributed by atoms with Crippen molar-refractivity contribution in [3.63, 3.8) is 0 Å². The summed E-state index contributed by atoms with van der Waals surface area (Å²) < 4.78 is 10.3. The molecule has 68 valence electrons. The van der Waals surface area contributed by atoms with Crippen LogP contribution in [0.3, 0.4) is 0 Å². The van der Waals surface area contributed by atoms with Gasteiger partial charge in [0, 0.05) is 0 Å². The first-order valence-electron chi connectivity index (χ1n) is 3.55. The molecule has 13 heavy (non-hydrogen) atoms. The number of nitrogens with zero attached hydrogens (tertiary/aromatic N) is 1. The van der Waals surface area contributed by atoms with E-state index in [1.165, 1.54) is 6.39 Å². The molecule has 0 aliphatic heterocycles. The second-order valence-electron chi connectivity index (χ2n) is 2.37. The fourth-order valence-electron chi connectivity index (χ4n) is 1.00. The smallest absolute Gasteiger partial charge is 0.194 e. The number of hydrogen-bond donors (Lipinski definition) is 0. The van der Waals surface area contributed by atoms with Crippen molar-refractivity contribution < 1.29 is 8.83 Å². The van der Waals surface area contributed by atoms with Gasteiger partial charge in [-0.05, 0) is 23.7 Å². The van der Waals surface area contributed by atoms with E-state index in [4.69, 9.17) is 32.0 Å². The third-order valence-corrected chi connectivity index (χ3v) is 2.02. The molecule has 0 aliphatic carbocycles. The highest BCUT2D eigenvalue weighted by Crippen LogP contribution is 2.27. The van der Waals surface area contributed by atoms with Gasteiger partial charge in [0.2, 0.25) is 0 Å². The number of furan rings is 1. The number of hydrogen-bond acceptors (Lipinski definition) is 3. The summed E-state index contributed by atoms with van der Waals surface area (Å²) in [4.78, 5) is 3.92. The lowest BCUT2D eigenvalue weighted by Crippen LogP contribution is -1.79. The number of halogens is 2. The molecule has 0 atom stereocenters. The Morgan fingerprint density at radius 1 is 1.38 bits per heavy atom. The van der Waals surface area contributed by atoms with Crippen LogP contribution in [0, 0.1) is 0 Å². The molecule has 0 aromatic carbocycles. The van der Waals surface area contributed by atoms with Gasteiger partial charge in [0.25, 0.3) is 0 Å². The molecule has 0 amide bonds. The number of aromatic nitrogens is 1. The molecule has 0 bridgehead atoms. The quantitative estimate of drug-likeness (QED) is 0.725. The first-order chi connectivity index (χ1) is 6.31. The van der Waals surface area contributed by atoms with E-state index in [0.717, 1.165) is 0 Å². The third kappa shape index (κ3) is 1.57. The van der Waals surface area contributed by atoms with Gasteiger partial charge in [-0.15, -0.1) is 11.6 Å². The topological polar surface area (TPSA) is 39.2 Å². The average Bonchev–Trinajstić information content (AvgIpc) is 2.71. The van der Waals surface area contributed by atoms with Gasteiger partial charge in [0.1, 0.15) is 5.69 Å². The summed E-state index contributed by atoms with van der Waals surface area (Å²) in [5.41, 5.74) is 0.646. The number of alkyl halides is 1. The molecular formula is C8H5Cl2NO2. The Hall–Kier alpha value is -0.930. The molecule has 0 spiro atoms. The van der Waals surface area contributed by atoms with E-state index in [2.05, 4.69) is 4.98 Å². The predicted molar refractivity (Wildman–Crippen MR) is 48.8 cm³/mol. The third-order valence-electron chi connectivity index (χ3n) is 1.56. The SMILES string of the molecule is ClCc1ncoc1-c1ccc(Cl)o1. The molecule has 2 rings (SSSR count). The molecule has 0 fully saturated rings. The van der Waals surface area contributed by atoms with Crippen LogP contribution >= 0.6 is 23.2 Å². The van der Waals surface area contributed by atoms with Crippen molar-refractivity contribution >= 4 is 23.2 Å². The average molecular weight is 218 g/mol. The zero-order chi connectivity index (χ0) is 9.26. The molecule has 0 N–H and O–H groups in total. The molecule has 0 unspecified atom stereocenters. The lowest BCUT2D eigenvalue weighted by Gasteiger charge is -1.91. The van der Waals surface area contributed by atoms with Gasteiger partial charge in [-0.3, -0.25) is 0 Å². The summed E-state index contributed by atoms with van der Waals surface area (Å²) >= 11 is 11.2. The minimum Gasteiger partial charge on any atom is -0.441 e. The van der Waals surface area contributed by atoms with E-state index in [9.17, 15) is 0 Å². The fraction of sp³-hybridized carbons (Fsp3) is 0.125. The van der Waals surface area contributed by atoms with E-state index >= 15 is 0 Å². The summed E-state index contributed by atoms with van der Waals surface area (Å²) in [6.07, 6.45) is 1.32. The van der Waals surface area contributed by atoms with Crippen molar-refractivity contribution in [3.05, 3.63) is 29.4 Å². The van der Waals surface area contributed by atoms with Gasteiger partial charge in [-0.2, -0.15) is 0 Å². The van der Waals surface area contributed by atoms with Crippen LogP contribution in [-0.4, -0.2) is 4.98 Å². The Kier molecular flexibility index (Phi) is 2.29. The summed E-state index contributed by atoms with van der Waals surface area (Å²) in [5.74, 6) is 1.35. The molecule has 2 aromatic heterocycles. The van der Waals surface area contributed by atoms with Gasteiger partial charge in [-0.1, -0.05) is 0 Å². The molecule has 0 saturated heterocycles. The Labute approximate surface area is 84.3 Å². The van der Waals surface area contributed by atoms with Gasteiger partial charge < -0.3 is 8.83 Å². The number of oxazole rings is 1. The highest BCUT2D eigenvalue weighted by Gasteiger charge is 2.13. The summed E-state index contributed by atoms with van der Waals surface area (Å²) in [7, 11) is 0. The number of rotatable bonds is 2. The van der Waals surface area contributed by atoms with Crippen LogP contribution in [0.4, 0.5) is 0 Å². The predicted octanol–water partition coefficient (Wildman–Crippen LogP) is 3.33. The second-order valence-corrected chi connectivity index (χ2v) is 3.01. The standard InChI is InChI=1S/C8H5Cl2NO2/c9-3-5-8(12-4-11-5)6-1-2-7(10)13-6/h1-2,4H,3H2. The Morgan fingerprint density at radius 3 is 2.85 bits per heavy atom. The van der Waals surface area contributed by atoms with Crippen LogP contribution in [0.1, 0.15) is 5.69 Å². The first-order valence-corrected chi connectivity index (χ1v) is 4.46. The van der Waals surface area contributed by atoms with Gasteiger partial charge in [0.15, 0.2) is 23.1 Å². The largest absolute Gasteiger partial charge is 0.441 e. The molecule has 5 heteroatoms. The molecular weight excluding hydrogens is 213 g/mol. The maximum Gasteiger partial charge on any atom is 0.194 e. The minimum absolute atomic E-state index is 0.282. The maximum absolute atomic E-state index is 5.63. The van der Waals surface area contributed by atoms with E-state index in [0.29, 0.717) is 22.4 Å². The maximum atomic E-state index is 5.63. The van der Waals surface area contributed by atoms with Crippen molar-refractivity contribution in [1.29, 1.82) is 0 Å². The minimum atomic E-state index is 0.282. The van der Waals surface area contributed by atoms with Crippen LogP contribution in [0.25, 0.3) is 11.5 Å². The van der Waals surface area contributed by atoms with Gasteiger partial charge >= 0.3 is 0 Å². The lowest BCUT2D eigenvalue weighted by molar-refractivity contribution is 0.520. The summed E-state index contributed by atoms with van der Waals surface area (Å²) in [6, 6.07) is 3.34. The van der Waals surface area contributed by atoms with E-state index < -0.39 is 0 Å². The summed E-state index contributed by atoms with van der Waals surface area (Å²) in [5, 5.41) is 0.312. The van der Waals surface area contributed by atoms with E-state index in [1.54, 1.807) is 12.1 Å². The Bertz CT molecular complexity index is 408. The highest BCUT2D eigenvalue weighted by molar-refractivity contribution is 6.29. The Morgan fingerprint density at radius 2 is 2.23 bits per heavy atom. The van der Waals surface area contributed by atoms with Crippen LogP contribution < -0.4 is 0 Å². The first kappa shape index (κ1) is 8.66. The lowest BCUT2D eigenvalue weighted by atomic mass is 10.3. The summed E-state index contributed by atoms with van der Waals surface area (Å²) in [6.45, 7) is 0. The van der Waals surface area contributed by atoms with Crippen LogP contribution in [0.5, 0.6) is 0 Å². The monoisotopic (exact) mass is 217 g/mol. The van der Waals surface area contributed by atoms with Crippen molar-refractivity contribution in [1.82, 2.24) is 4.98 Å². The van der Waals surface area contributed by atoms with Gasteiger partial charge in [0.05, 0.1) is 5.88 Å². The van der Waals surface area contributed by atoms with Gasteiger partial charge in [-0.25, -0.2) is 4.98 Å². The highest BCUT2D eigenvalue weighted by atomic mass is 35.5. The molecule has 3 nitrogen and oxygen atoms in total. The van der Waals surface area contributed by atoms with Crippen LogP contribution in [0.2, 0.25) is 5.22 Å². The zero-order valence-corrected chi connectivity index (χ0v) is 7.97. The van der Waals surface area contributed by atoms with E-state index in [-0.39, 0.29) is 5.88 Å². The van der Waals surface area contributed by atoms with Crippen molar-refractivity contribution in [2.24, 2.45) is 0 Å². The van der Waals surface area contributed by atoms with Crippen molar-refractivity contribution in [3.8, 4) is 11.5 Å². The van der Waals surface area contributed by atoms with Crippen LogP contribution in [-0.2, 0) is 5.88 Å². The van der Waals surface area contributed by atoms with Crippen LogP contribution in [0.15, 0.2) is 27.4 Å². The van der Waals surface area contributed by atoms with E-state index in [1.807, 2.05) is 0 Å². The molecule has 2 aromatic rings. The molecule has 0 radical (unpaired) electrons. The molecule has 2 heterocycles. The van der Waals surface area contributed by atoms with Crippen molar-refractivity contribution in [2.45, 2.75) is 5.88 Å². The molecule has 0 aliphatic rings. The fourth-order valence-corrected chi connectivity index (χ4v) is 1.34. The second kappa shape index (κ2) is 3.44. The Balaban J connectivity index is 2.45. The normalized spacial score (nSPS) is 10.6. The molecule has 0 saturated carbocycles. The zero-order valence-electron chi connectivity index (χ0n) is 6.46.